The maximum atomic E-state index is 5.90. The molecule has 0 spiro atoms. The summed E-state index contributed by atoms with van der Waals surface area (Å²) in [5.74, 6) is 2.49. The molecule has 5 nitrogen and oxygen atoms in total. The Morgan fingerprint density at radius 1 is 1.20 bits per heavy atom. The van der Waals surface area contributed by atoms with E-state index in [9.17, 15) is 0 Å². The minimum atomic E-state index is 0. The van der Waals surface area contributed by atoms with Crippen molar-refractivity contribution in [1.82, 2.24) is 10.6 Å². The molecule has 1 aliphatic heterocycles. The predicted octanol–water partition coefficient (Wildman–Crippen LogP) is 4.17. The lowest BCUT2D eigenvalue weighted by Crippen LogP contribution is -2.40. The lowest BCUT2D eigenvalue weighted by molar-refractivity contribution is 0.114. The number of aliphatic imine (C=N–C) groups is 1. The van der Waals surface area contributed by atoms with Crippen LogP contribution in [0, 0.1) is 0 Å². The molecule has 1 aromatic heterocycles. The van der Waals surface area contributed by atoms with E-state index < -0.39 is 0 Å². The average molecular weight is 520 g/mol. The minimum absolute atomic E-state index is 0. The zero-order valence-electron chi connectivity index (χ0n) is 14.1. The largest absolute Gasteiger partial charge is 0.459 e. The molecule has 1 saturated heterocycles. The van der Waals surface area contributed by atoms with Gasteiger partial charge in [-0.15, -0.1) is 24.0 Å². The monoisotopic (exact) mass is 519 g/mol. The van der Waals surface area contributed by atoms with Crippen molar-refractivity contribution in [3.63, 3.8) is 0 Å². The number of halogens is 2. The van der Waals surface area contributed by atoms with Gasteiger partial charge in [0.15, 0.2) is 5.96 Å². The maximum absolute atomic E-state index is 5.90. The van der Waals surface area contributed by atoms with Gasteiger partial charge in [-0.3, -0.25) is 4.99 Å². The van der Waals surface area contributed by atoms with Crippen LogP contribution >= 0.6 is 39.9 Å². The van der Waals surface area contributed by atoms with E-state index in [1.54, 1.807) is 7.05 Å². The first-order chi connectivity index (χ1) is 11.7. The van der Waals surface area contributed by atoms with Crippen molar-refractivity contribution < 1.29 is 9.15 Å². The van der Waals surface area contributed by atoms with Crippen molar-refractivity contribution in [1.29, 1.82) is 0 Å². The van der Waals surface area contributed by atoms with Gasteiger partial charge in [0.2, 0.25) is 0 Å². The standard InChI is InChI=1S/C18H22BrN3O2.HI/c1-20-18(21-11-15-3-2-10-23-15)22-12-16-8-9-17(24-16)13-4-6-14(19)7-5-13;/h4-9,15H,2-3,10-12H2,1H3,(H2,20,21,22);1H. The van der Waals surface area contributed by atoms with Crippen molar-refractivity contribution in [3.8, 4) is 11.3 Å². The van der Waals surface area contributed by atoms with Gasteiger partial charge in [0.05, 0.1) is 12.6 Å². The molecular weight excluding hydrogens is 497 g/mol. The molecule has 2 heterocycles. The highest BCUT2D eigenvalue weighted by Crippen LogP contribution is 2.23. The number of benzene rings is 1. The summed E-state index contributed by atoms with van der Waals surface area (Å²) in [7, 11) is 1.76. The first-order valence-electron chi connectivity index (χ1n) is 8.15. The molecule has 136 valence electrons. The van der Waals surface area contributed by atoms with Crippen LogP contribution in [0.2, 0.25) is 0 Å². The van der Waals surface area contributed by atoms with E-state index in [0.717, 1.165) is 53.5 Å². The molecular formula is C18H23BrIN3O2. The summed E-state index contributed by atoms with van der Waals surface area (Å²) >= 11 is 3.44. The molecule has 1 aromatic carbocycles. The van der Waals surface area contributed by atoms with Gasteiger partial charge in [0.25, 0.3) is 0 Å². The van der Waals surface area contributed by atoms with Crippen molar-refractivity contribution in [2.24, 2.45) is 4.99 Å². The third kappa shape index (κ3) is 6.00. The first-order valence-corrected chi connectivity index (χ1v) is 8.94. The minimum Gasteiger partial charge on any atom is -0.459 e. The number of hydrogen-bond acceptors (Lipinski definition) is 3. The van der Waals surface area contributed by atoms with Crippen molar-refractivity contribution >= 4 is 45.9 Å². The van der Waals surface area contributed by atoms with E-state index in [2.05, 4.69) is 31.6 Å². The van der Waals surface area contributed by atoms with Gasteiger partial charge < -0.3 is 19.8 Å². The topological polar surface area (TPSA) is 58.8 Å². The van der Waals surface area contributed by atoms with Crippen LogP contribution in [0.1, 0.15) is 18.6 Å². The maximum Gasteiger partial charge on any atom is 0.191 e. The number of ether oxygens (including phenoxy) is 1. The second kappa shape index (κ2) is 10.2. The van der Waals surface area contributed by atoms with Crippen LogP contribution in [0.4, 0.5) is 0 Å². The Morgan fingerprint density at radius 3 is 2.68 bits per heavy atom. The summed E-state index contributed by atoms with van der Waals surface area (Å²) in [4.78, 5) is 4.23. The zero-order valence-corrected chi connectivity index (χ0v) is 18.0. The van der Waals surface area contributed by atoms with Crippen LogP contribution in [0.15, 0.2) is 50.3 Å². The van der Waals surface area contributed by atoms with Crippen LogP contribution in [-0.2, 0) is 11.3 Å². The van der Waals surface area contributed by atoms with E-state index in [1.165, 1.54) is 0 Å². The van der Waals surface area contributed by atoms with Gasteiger partial charge in [0.1, 0.15) is 11.5 Å². The van der Waals surface area contributed by atoms with Crippen molar-refractivity contribution in [2.45, 2.75) is 25.5 Å². The van der Waals surface area contributed by atoms with Crippen LogP contribution in [0.5, 0.6) is 0 Å². The zero-order chi connectivity index (χ0) is 16.8. The quantitative estimate of drug-likeness (QED) is 0.353. The van der Waals surface area contributed by atoms with E-state index in [0.29, 0.717) is 6.54 Å². The second-order valence-corrected chi connectivity index (χ2v) is 6.63. The predicted molar refractivity (Wildman–Crippen MR) is 114 cm³/mol. The molecule has 0 saturated carbocycles. The van der Waals surface area contributed by atoms with Crippen LogP contribution in [-0.4, -0.2) is 32.3 Å². The van der Waals surface area contributed by atoms with Crippen LogP contribution < -0.4 is 10.6 Å². The Bertz CT molecular complexity index is 682. The van der Waals surface area contributed by atoms with Gasteiger partial charge in [-0.2, -0.15) is 0 Å². The fourth-order valence-electron chi connectivity index (χ4n) is 2.65. The Kier molecular flexibility index (Phi) is 8.25. The van der Waals surface area contributed by atoms with E-state index in [1.807, 2.05) is 36.4 Å². The molecule has 7 heteroatoms. The molecule has 1 unspecified atom stereocenters. The first kappa shape index (κ1) is 20.3. The van der Waals surface area contributed by atoms with Gasteiger partial charge in [-0.25, -0.2) is 0 Å². The number of hydrogen-bond donors (Lipinski definition) is 2. The number of guanidine groups is 1. The van der Waals surface area contributed by atoms with Crippen LogP contribution in [0.3, 0.4) is 0 Å². The third-order valence-electron chi connectivity index (χ3n) is 3.97. The molecule has 0 aliphatic carbocycles. The van der Waals surface area contributed by atoms with Gasteiger partial charge in [-0.1, -0.05) is 28.1 Å². The Labute approximate surface area is 173 Å². The normalized spacial score (nSPS) is 17.2. The molecule has 2 N–H and O–H groups in total. The SMILES string of the molecule is CN=C(NCc1ccc(-c2ccc(Br)cc2)o1)NCC1CCCO1.I. The Balaban J connectivity index is 0.00000225. The number of nitrogens with zero attached hydrogens (tertiary/aromatic N) is 1. The fourth-order valence-corrected chi connectivity index (χ4v) is 2.91. The van der Waals surface area contributed by atoms with E-state index in [-0.39, 0.29) is 30.1 Å². The summed E-state index contributed by atoms with van der Waals surface area (Å²) in [5, 5.41) is 6.56. The highest BCUT2D eigenvalue weighted by Gasteiger charge is 2.15. The van der Waals surface area contributed by atoms with Gasteiger partial charge in [-0.05, 0) is 37.1 Å². The third-order valence-corrected chi connectivity index (χ3v) is 4.49. The lowest BCUT2D eigenvalue weighted by Gasteiger charge is -2.14. The molecule has 1 atom stereocenters. The molecule has 25 heavy (non-hydrogen) atoms. The van der Waals surface area contributed by atoms with E-state index in [4.69, 9.17) is 9.15 Å². The molecule has 0 amide bonds. The fraction of sp³-hybridized carbons (Fsp3) is 0.389. The molecule has 0 radical (unpaired) electrons. The molecule has 3 rings (SSSR count). The number of nitrogens with one attached hydrogen (secondary N) is 2. The van der Waals surface area contributed by atoms with E-state index >= 15 is 0 Å². The second-order valence-electron chi connectivity index (χ2n) is 5.71. The molecule has 0 bridgehead atoms. The summed E-state index contributed by atoms with van der Waals surface area (Å²) in [5.41, 5.74) is 1.06. The average Bonchev–Trinajstić information content (AvgIpc) is 3.27. The smallest absolute Gasteiger partial charge is 0.191 e. The highest BCUT2D eigenvalue weighted by molar-refractivity contribution is 14.0. The molecule has 1 fully saturated rings. The highest BCUT2D eigenvalue weighted by atomic mass is 127. The summed E-state index contributed by atoms with van der Waals surface area (Å²) in [6, 6.07) is 12.0. The Morgan fingerprint density at radius 2 is 2.00 bits per heavy atom. The number of furan rings is 1. The van der Waals surface area contributed by atoms with Gasteiger partial charge >= 0.3 is 0 Å². The Hall–Kier alpha value is -1.06. The summed E-state index contributed by atoms with van der Waals surface area (Å²) < 4.78 is 12.6. The van der Waals surface area contributed by atoms with Gasteiger partial charge in [0, 0.05) is 30.2 Å². The lowest BCUT2D eigenvalue weighted by atomic mass is 10.2. The molecule has 2 aromatic rings. The van der Waals surface area contributed by atoms with Crippen LogP contribution in [0.25, 0.3) is 11.3 Å². The summed E-state index contributed by atoms with van der Waals surface area (Å²) in [6.07, 6.45) is 2.54. The van der Waals surface area contributed by atoms with Crippen molar-refractivity contribution in [3.05, 3.63) is 46.6 Å². The summed E-state index contributed by atoms with van der Waals surface area (Å²) in [6.45, 7) is 2.23. The molecule has 1 aliphatic rings. The van der Waals surface area contributed by atoms with Crippen molar-refractivity contribution in [2.75, 3.05) is 20.2 Å². The number of rotatable bonds is 5.